The van der Waals surface area contributed by atoms with E-state index in [0.29, 0.717) is 11.8 Å². The van der Waals surface area contributed by atoms with Crippen molar-refractivity contribution in [1.82, 2.24) is 0 Å². The summed E-state index contributed by atoms with van der Waals surface area (Å²) in [5.41, 5.74) is 0. The van der Waals surface area contributed by atoms with Crippen molar-refractivity contribution < 1.29 is 9.53 Å². The van der Waals surface area contributed by atoms with Gasteiger partial charge < -0.3 is 4.74 Å². The van der Waals surface area contributed by atoms with Gasteiger partial charge in [-0.25, -0.2) is 0 Å². The molecule has 6 aliphatic carbocycles. The molecule has 5 saturated carbocycles. The largest absolute Gasteiger partial charge is 0.469 e. The van der Waals surface area contributed by atoms with Crippen LogP contribution in [-0.4, -0.2) is 13.1 Å². The number of carbonyl (C=O) groups excluding carboxylic acids is 1. The van der Waals surface area contributed by atoms with Gasteiger partial charge in [-0.1, -0.05) is 19.1 Å². The normalized spacial score (nSPS) is 65.2. The number of carbonyl (C=O) groups is 1. The highest BCUT2D eigenvalue weighted by Gasteiger charge is 2.72. The van der Waals surface area contributed by atoms with Crippen molar-refractivity contribution in [3.8, 4) is 0 Å². The lowest BCUT2D eigenvalue weighted by atomic mass is 9.57. The molecule has 0 spiro atoms. The first-order valence-corrected chi connectivity index (χ1v) is 9.47. The van der Waals surface area contributed by atoms with Crippen LogP contribution in [0.2, 0.25) is 0 Å². The van der Waals surface area contributed by atoms with Crippen molar-refractivity contribution in [2.45, 2.75) is 26.2 Å². The second-order valence-corrected chi connectivity index (χ2v) is 9.29. The summed E-state index contributed by atoms with van der Waals surface area (Å²) < 4.78 is 5.17. The fourth-order valence-corrected chi connectivity index (χ4v) is 9.10. The molecule has 0 N–H and O–H groups in total. The van der Waals surface area contributed by atoms with Gasteiger partial charge in [0.25, 0.3) is 0 Å². The third kappa shape index (κ3) is 1.16. The lowest BCUT2D eigenvalue weighted by Crippen LogP contribution is -2.46. The fourth-order valence-electron chi connectivity index (χ4n) is 9.10. The van der Waals surface area contributed by atoms with Crippen LogP contribution in [0.5, 0.6) is 0 Å². The van der Waals surface area contributed by atoms with E-state index >= 15 is 0 Å². The maximum atomic E-state index is 12.3. The van der Waals surface area contributed by atoms with Gasteiger partial charge in [0.15, 0.2) is 0 Å². The summed E-state index contributed by atoms with van der Waals surface area (Å²) in [5, 5.41) is 0. The first kappa shape index (κ1) is 12.6. The Bertz CT molecular complexity index is 580. The van der Waals surface area contributed by atoms with Crippen LogP contribution in [-0.2, 0) is 9.53 Å². The van der Waals surface area contributed by atoms with Gasteiger partial charge in [-0.3, -0.25) is 4.79 Å². The fraction of sp³-hybridized carbons (Fsp3) is 0.850. The van der Waals surface area contributed by atoms with Crippen molar-refractivity contribution in [3.63, 3.8) is 0 Å². The van der Waals surface area contributed by atoms with E-state index < -0.39 is 0 Å². The molecule has 0 amide bonds. The minimum atomic E-state index is 0.0885. The van der Waals surface area contributed by atoms with Gasteiger partial charge in [-0.2, -0.15) is 0 Å². The van der Waals surface area contributed by atoms with Crippen molar-refractivity contribution in [2.24, 2.45) is 71.0 Å². The Labute approximate surface area is 132 Å². The van der Waals surface area contributed by atoms with Crippen LogP contribution in [0.3, 0.4) is 0 Å². The van der Waals surface area contributed by atoms with Crippen molar-refractivity contribution >= 4 is 5.97 Å². The van der Waals surface area contributed by atoms with Crippen LogP contribution in [0.15, 0.2) is 12.2 Å². The van der Waals surface area contributed by atoms with Crippen LogP contribution in [0.4, 0.5) is 0 Å². The lowest BCUT2D eigenvalue weighted by molar-refractivity contribution is -0.152. The second kappa shape index (κ2) is 3.82. The smallest absolute Gasteiger partial charge is 0.309 e. The molecule has 0 aromatic heterocycles. The zero-order valence-corrected chi connectivity index (χ0v) is 13.5. The van der Waals surface area contributed by atoms with Crippen LogP contribution in [0.25, 0.3) is 0 Å². The predicted octanol–water partition coefficient (Wildman–Crippen LogP) is 3.38. The number of methoxy groups -OCH3 is 1. The molecule has 0 aliphatic heterocycles. The molecule has 6 bridgehead atoms. The third-order valence-corrected chi connectivity index (χ3v) is 9.26. The first-order valence-electron chi connectivity index (χ1n) is 9.47. The van der Waals surface area contributed by atoms with Crippen LogP contribution in [0, 0.1) is 71.0 Å². The Hall–Kier alpha value is -0.790. The Morgan fingerprint density at radius 3 is 2.09 bits per heavy atom. The van der Waals surface area contributed by atoms with E-state index in [-0.39, 0.29) is 11.9 Å². The molecule has 0 radical (unpaired) electrons. The molecule has 12 atom stereocenters. The minimum Gasteiger partial charge on any atom is -0.469 e. The van der Waals surface area contributed by atoms with Gasteiger partial charge in [0.05, 0.1) is 13.0 Å². The highest BCUT2D eigenvalue weighted by atomic mass is 16.5. The summed E-state index contributed by atoms with van der Waals surface area (Å²) in [6.07, 6.45) is 9.36. The number of esters is 1. The number of hydrogen-bond donors (Lipinski definition) is 0. The van der Waals surface area contributed by atoms with E-state index in [4.69, 9.17) is 4.74 Å². The number of allylic oxidation sites excluding steroid dienone is 2. The zero-order valence-electron chi connectivity index (χ0n) is 13.5. The Morgan fingerprint density at radius 2 is 1.45 bits per heavy atom. The number of hydrogen-bond acceptors (Lipinski definition) is 2. The minimum absolute atomic E-state index is 0.0885. The van der Waals surface area contributed by atoms with Gasteiger partial charge in [0.2, 0.25) is 0 Å². The average Bonchev–Trinajstić information content (AvgIpc) is 3.27. The highest BCUT2D eigenvalue weighted by Crippen LogP contribution is 2.77. The summed E-state index contributed by atoms with van der Waals surface area (Å²) in [5.74, 6) is 9.89. The van der Waals surface area contributed by atoms with E-state index in [1.807, 2.05) is 0 Å². The summed E-state index contributed by atoms with van der Waals surface area (Å²) >= 11 is 0. The zero-order chi connectivity index (χ0) is 14.7. The SMILES string of the molecule is COC(=O)C1C(C)C2CC1C1C3CC(C4C5C=CC(C5)C34)C21. The molecule has 12 unspecified atom stereocenters. The van der Waals surface area contributed by atoms with E-state index in [9.17, 15) is 4.79 Å². The third-order valence-electron chi connectivity index (χ3n) is 9.26. The molecule has 0 heterocycles. The van der Waals surface area contributed by atoms with Crippen molar-refractivity contribution in [3.05, 3.63) is 12.2 Å². The standard InChI is InChI=1S/C20H26O2/c1-8-11-6-12(15(8)20(21)22-2)19-14-7-13(18(11)19)16-9-3-4-10(5-9)17(14)16/h3-4,8-19H,5-7H2,1-2H3. The van der Waals surface area contributed by atoms with Crippen LogP contribution < -0.4 is 0 Å². The van der Waals surface area contributed by atoms with Crippen molar-refractivity contribution in [1.29, 1.82) is 0 Å². The maximum Gasteiger partial charge on any atom is 0.309 e. The molecule has 0 aromatic carbocycles. The van der Waals surface area contributed by atoms with E-state index in [0.717, 1.165) is 53.3 Å². The monoisotopic (exact) mass is 298 g/mol. The maximum absolute atomic E-state index is 12.3. The average molecular weight is 298 g/mol. The molecule has 6 aliphatic rings. The summed E-state index contributed by atoms with van der Waals surface area (Å²) in [4.78, 5) is 12.3. The number of ether oxygens (including phenoxy) is 1. The van der Waals surface area contributed by atoms with Crippen LogP contribution in [0.1, 0.15) is 26.2 Å². The second-order valence-electron chi connectivity index (χ2n) is 9.29. The lowest BCUT2D eigenvalue weighted by Gasteiger charge is -2.47. The number of fused-ring (bicyclic) bond motifs is 16. The first-order chi connectivity index (χ1) is 10.7. The Balaban J connectivity index is 1.39. The quantitative estimate of drug-likeness (QED) is 0.421. The molecule has 5 fully saturated rings. The topological polar surface area (TPSA) is 26.3 Å². The Kier molecular flexibility index (Phi) is 2.19. The molecule has 118 valence electrons. The summed E-state index contributed by atoms with van der Waals surface area (Å²) in [7, 11) is 1.58. The van der Waals surface area contributed by atoms with E-state index in [2.05, 4.69) is 19.1 Å². The van der Waals surface area contributed by atoms with Crippen molar-refractivity contribution in [2.75, 3.05) is 7.11 Å². The van der Waals surface area contributed by atoms with Gasteiger partial charge in [-0.15, -0.1) is 0 Å². The molecule has 0 saturated heterocycles. The summed E-state index contributed by atoms with van der Waals surface area (Å²) in [6, 6.07) is 0. The molecular formula is C20H26O2. The summed E-state index contributed by atoms with van der Waals surface area (Å²) in [6.45, 7) is 2.34. The van der Waals surface area contributed by atoms with Gasteiger partial charge in [0.1, 0.15) is 0 Å². The van der Waals surface area contributed by atoms with E-state index in [1.54, 1.807) is 7.11 Å². The molecule has 2 nitrogen and oxygen atoms in total. The molecule has 0 aromatic rings. The molecular weight excluding hydrogens is 272 g/mol. The predicted molar refractivity (Wildman–Crippen MR) is 82.6 cm³/mol. The highest BCUT2D eigenvalue weighted by molar-refractivity contribution is 5.74. The van der Waals surface area contributed by atoms with E-state index in [1.165, 1.54) is 19.3 Å². The van der Waals surface area contributed by atoms with Gasteiger partial charge >= 0.3 is 5.97 Å². The Morgan fingerprint density at radius 1 is 0.864 bits per heavy atom. The van der Waals surface area contributed by atoms with Gasteiger partial charge in [-0.05, 0) is 84.4 Å². The van der Waals surface area contributed by atoms with Crippen LogP contribution >= 0.6 is 0 Å². The molecule has 22 heavy (non-hydrogen) atoms. The molecule has 2 heteroatoms. The van der Waals surface area contributed by atoms with Gasteiger partial charge in [0, 0.05) is 0 Å². The molecule has 6 rings (SSSR count). The number of rotatable bonds is 1.